The number of piperidine rings is 1. The number of hydrogen-bond acceptors (Lipinski definition) is 1. The Morgan fingerprint density at radius 2 is 2.00 bits per heavy atom. The van der Waals surface area contributed by atoms with Crippen molar-refractivity contribution < 1.29 is 4.39 Å². The van der Waals surface area contributed by atoms with E-state index in [0.717, 1.165) is 13.0 Å². The zero-order valence-electron chi connectivity index (χ0n) is 7.65. The Morgan fingerprint density at radius 1 is 1.36 bits per heavy atom. The molecule has 0 aromatic carbocycles. The van der Waals surface area contributed by atoms with Crippen molar-refractivity contribution >= 4 is 0 Å². The molecule has 11 heavy (non-hydrogen) atoms. The minimum absolute atomic E-state index is 0.127. The number of rotatable bonds is 0. The SMILES string of the molecule is CC(C)(C)C1CCNCC1F. The van der Waals surface area contributed by atoms with Gasteiger partial charge in [-0.05, 0) is 24.3 Å². The molecule has 0 aliphatic carbocycles. The van der Waals surface area contributed by atoms with E-state index in [1.807, 2.05) is 0 Å². The average Bonchev–Trinajstić information content (AvgIpc) is 1.86. The van der Waals surface area contributed by atoms with Gasteiger partial charge in [-0.25, -0.2) is 4.39 Å². The minimum atomic E-state index is -0.649. The molecule has 1 N–H and O–H groups in total. The summed E-state index contributed by atoms with van der Waals surface area (Å²) in [5.41, 5.74) is 0.127. The van der Waals surface area contributed by atoms with Gasteiger partial charge in [0.05, 0.1) is 0 Å². The van der Waals surface area contributed by atoms with Crippen molar-refractivity contribution in [2.24, 2.45) is 11.3 Å². The predicted octanol–water partition coefficient (Wildman–Crippen LogP) is 1.98. The largest absolute Gasteiger partial charge is 0.314 e. The quantitative estimate of drug-likeness (QED) is 0.570. The van der Waals surface area contributed by atoms with Gasteiger partial charge in [-0.1, -0.05) is 20.8 Å². The fraction of sp³-hybridized carbons (Fsp3) is 1.00. The van der Waals surface area contributed by atoms with Crippen LogP contribution in [0.15, 0.2) is 0 Å². The molecule has 1 rings (SSSR count). The van der Waals surface area contributed by atoms with Crippen molar-refractivity contribution in [2.75, 3.05) is 13.1 Å². The molecule has 0 amide bonds. The lowest BCUT2D eigenvalue weighted by molar-refractivity contribution is 0.0842. The zero-order chi connectivity index (χ0) is 8.48. The normalized spacial score (nSPS) is 33.8. The first kappa shape index (κ1) is 8.98. The molecule has 1 fully saturated rings. The highest BCUT2D eigenvalue weighted by Crippen LogP contribution is 2.33. The minimum Gasteiger partial charge on any atom is -0.314 e. The molecule has 1 saturated heterocycles. The number of alkyl halides is 1. The molecular weight excluding hydrogens is 141 g/mol. The molecule has 1 aliphatic rings. The van der Waals surface area contributed by atoms with E-state index in [2.05, 4.69) is 26.1 Å². The first-order valence-corrected chi connectivity index (χ1v) is 4.36. The Kier molecular flexibility index (Phi) is 2.53. The van der Waals surface area contributed by atoms with Gasteiger partial charge in [0.1, 0.15) is 6.17 Å². The lowest BCUT2D eigenvalue weighted by Crippen LogP contribution is -2.43. The van der Waals surface area contributed by atoms with Crippen molar-refractivity contribution in [1.82, 2.24) is 5.32 Å². The summed E-state index contributed by atoms with van der Waals surface area (Å²) in [6, 6.07) is 0. The van der Waals surface area contributed by atoms with Crippen molar-refractivity contribution in [2.45, 2.75) is 33.4 Å². The first-order valence-electron chi connectivity index (χ1n) is 4.36. The van der Waals surface area contributed by atoms with Crippen LogP contribution in [0.5, 0.6) is 0 Å². The van der Waals surface area contributed by atoms with Crippen LogP contribution >= 0.6 is 0 Å². The van der Waals surface area contributed by atoms with Crippen molar-refractivity contribution in [3.05, 3.63) is 0 Å². The highest BCUT2D eigenvalue weighted by molar-refractivity contribution is 4.85. The second-order valence-electron chi connectivity index (χ2n) is 4.48. The van der Waals surface area contributed by atoms with Gasteiger partial charge < -0.3 is 5.32 Å². The number of hydrogen-bond donors (Lipinski definition) is 1. The molecule has 0 radical (unpaired) electrons. The third-order valence-corrected chi connectivity index (χ3v) is 2.52. The standard InChI is InChI=1S/C9H18FN/c1-9(2,3)7-4-5-11-6-8(7)10/h7-8,11H,4-6H2,1-3H3. The molecule has 0 bridgehead atoms. The lowest BCUT2D eigenvalue weighted by atomic mass is 9.75. The maximum Gasteiger partial charge on any atom is 0.116 e. The number of halogens is 1. The first-order chi connectivity index (χ1) is 5.02. The Hall–Kier alpha value is -0.110. The molecule has 2 heteroatoms. The molecule has 1 heterocycles. The van der Waals surface area contributed by atoms with E-state index in [1.165, 1.54) is 0 Å². The summed E-state index contributed by atoms with van der Waals surface area (Å²) >= 11 is 0. The third kappa shape index (κ3) is 2.16. The Labute approximate surface area is 68.4 Å². The lowest BCUT2D eigenvalue weighted by Gasteiger charge is -2.36. The molecule has 0 saturated carbocycles. The van der Waals surface area contributed by atoms with Crippen LogP contribution in [0.1, 0.15) is 27.2 Å². The molecule has 0 aromatic rings. The van der Waals surface area contributed by atoms with Gasteiger partial charge in [0.15, 0.2) is 0 Å². The highest BCUT2D eigenvalue weighted by Gasteiger charge is 2.33. The van der Waals surface area contributed by atoms with Crippen LogP contribution in [0.2, 0.25) is 0 Å². The Morgan fingerprint density at radius 3 is 2.36 bits per heavy atom. The predicted molar refractivity (Wildman–Crippen MR) is 45.3 cm³/mol. The summed E-state index contributed by atoms with van der Waals surface area (Å²) in [6.07, 6.45) is 0.328. The zero-order valence-corrected chi connectivity index (χ0v) is 7.65. The summed E-state index contributed by atoms with van der Waals surface area (Å²) in [5.74, 6) is 0.240. The second-order valence-corrected chi connectivity index (χ2v) is 4.48. The fourth-order valence-electron chi connectivity index (χ4n) is 1.80. The third-order valence-electron chi connectivity index (χ3n) is 2.52. The van der Waals surface area contributed by atoms with Crippen LogP contribution in [0.25, 0.3) is 0 Å². The van der Waals surface area contributed by atoms with Gasteiger partial charge in [-0.3, -0.25) is 0 Å². The molecule has 2 unspecified atom stereocenters. The van der Waals surface area contributed by atoms with Gasteiger partial charge in [-0.15, -0.1) is 0 Å². The molecule has 0 aromatic heterocycles. The summed E-state index contributed by atoms with van der Waals surface area (Å²) < 4.78 is 13.3. The smallest absolute Gasteiger partial charge is 0.116 e. The summed E-state index contributed by atoms with van der Waals surface area (Å²) in [4.78, 5) is 0. The molecule has 1 aliphatic heterocycles. The second kappa shape index (κ2) is 3.10. The van der Waals surface area contributed by atoms with Crippen molar-refractivity contribution in [1.29, 1.82) is 0 Å². The van der Waals surface area contributed by atoms with Crippen LogP contribution in [0, 0.1) is 11.3 Å². The van der Waals surface area contributed by atoms with Crippen molar-refractivity contribution in [3.8, 4) is 0 Å². The summed E-state index contributed by atoms with van der Waals surface area (Å²) in [6.45, 7) is 7.88. The maximum atomic E-state index is 13.3. The molecule has 66 valence electrons. The maximum absolute atomic E-state index is 13.3. The van der Waals surface area contributed by atoms with Gasteiger partial charge in [0.25, 0.3) is 0 Å². The molecule has 2 atom stereocenters. The monoisotopic (exact) mass is 159 g/mol. The molecule has 1 nitrogen and oxygen atoms in total. The van der Waals surface area contributed by atoms with E-state index in [4.69, 9.17) is 0 Å². The highest BCUT2D eigenvalue weighted by atomic mass is 19.1. The van der Waals surface area contributed by atoms with Crippen LogP contribution in [0.4, 0.5) is 4.39 Å². The van der Waals surface area contributed by atoms with Gasteiger partial charge in [0, 0.05) is 6.54 Å². The summed E-state index contributed by atoms with van der Waals surface area (Å²) in [7, 11) is 0. The van der Waals surface area contributed by atoms with Crippen LogP contribution in [-0.2, 0) is 0 Å². The molecular formula is C9H18FN. The van der Waals surface area contributed by atoms with Gasteiger partial charge in [-0.2, -0.15) is 0 Å². The Bertz CT molecular complexity index is 128. The van der Waals surface area contributed by atoms with Gasteiger partial charge in [0.2, 0.25) is 0 Å². The van der Waals surface area contributed by atoms with Crippen LogP contribution in [0.3, 0.4) is 0 Å². The van der Waals surface area contributed by atoms with Crippen LogP contribution in [-0.4, -0.2) is 19.3 Å². The van der Waals surface area contributed by atoms with E-state index < -0.39 is 6.17 Å². The fourth-order valence-corrected chi connectivity index (χ4v) is 1.80. The van der Waals surface area contributed by atoms with E-state index >= 15 is 0 Å². The number of nitrogens with one attached hydrogen (secondary N) is 1. The van der Waals surface area contributed by atoms with E-state index in [1.54, 1.807) is 0 Å². The summed E-state index contributed by atoms with van der Waals surface area (Å²) in [5, 5.41) is 3.06. The van der Waals surface area contributed by atoms with Gasteiger partial charge >= 0.3 is 0 Å². The van der Waals surface area contributed by atoms with Crippen molar-refractivity contribution in [3.63, 3.8) is 0 Å². The van der Waals surface area contributed by atoms with E-state index in [9.17, 15) is 4.39 Å². The van der Waals surface area contributed by atoms with E-state index in [-0.39, 0.29) is 11.3 Å². The van der Waals surface area contributed by atoms with E-state index in [0.29, 0.717) is 6.54 Å². The van der Waals surface area contributed by atoms with Crippen LogP contribution < -0.4 is 5.32 Å². The molecule has 0 spiro atoms. The Balaban J connectivity index is 2.55. The topological polar surface area (TPSA) is 12.0 Å². The average molecular weight is 159 g/mol.